The highest BCUT2D eigenvalue weighted by molar-refractivity contribution is 9.10. The molecule has 0 spiro atoms. The number of nitrogens with zero attached hydrogens (tertiary/aromatic N) is 1. The maximum Gasteiger partial charge on any atom is 0.307 e. The fourth-order valence-corrected chi connectivity index (χ4v) is 2.71. The topological polar surface area (TPSA) is 40.5 Å². The van der Waals surface area contributed by atoms with Crippen LogP contribution in [0.4, 0.5) is 4.39 Å². The lowest BCUT2D eigenvalue weighted by Gasteiger charge is -2.30. The molecule has 1 aromatic rings. The van der Waals surface area contributed by atoms with Gasteiger partial charge in [-0.05, 0) is 37.6 Å². The zero-order valence-electron chi connectivity index (χ0n) is 9.90. The van der Waals surface area contributed by atoms with Gasteiger partial charge in [0.1, 0.15) is 5.82 Å². The Morgan fingerprint density at radius 2 is 2.33 bits per heavy atom. The first-order chi connectivity index (χ1) is 8.56. The van der Waals surface area contributed by atoms with E-state index >= 15 is 0 Å². The summed E-state index contributed by atoms with van der Waals surface area (Å²) in [5, 5.41) is 9.01. The summed E-state index contributed by atoms with van der Waals surface area (Å²) in [4.78, 5) is 13.0. The van der Waals surface area contributed by atoms with Crippen LogP contribution in [0.1, 0.15) is 18.4 Å². The van der Waals surface area contributed by atoms with Crippen molar-refractivity contribution in [2.45, 2.75) is 19.4 Å². The minimum Gasteiger partial charge on any atom is -0.481 e. The molecule has 1 heterocycles. The minimum atomic E-state index is -0.755. The standard InChI is InChI=1S/C13H15BrFNO2/c14-11-3-4-12(15)10(6-11)8-16-5-1-2-9(7-16)13(17)18/h3-4,6,9H,1-2,5,7-8H2,(H,17,18)/t9-/m0/s1. The second kappa shape index (κ2) is 5.80. The first-order valence-corrected chi connectivity index (χ1v) is 6.74. The Kier molecular flexibility index (Phi) is 4.35. The predicted molar refractivity (Wildman–Crippen MR) is 69.7 cm³/mol. The number of hydrogen-bond acceptors (Lipinski definition) is 2. The fraction of sp³-hybridized carbons (Fsp3) is 0.462. The van der Waals surface area contributed by atoms with Gasteiger partial charge in [-0.25, -0.2) is 4.39 Å². The number of piperidine rings is 1. The van der Waals surface area contributed by atoms with Crippen molar-refractivity contribution in [3.63, 3.8) is 0 Å². The molecule has 0 aliphatic carbocycles. The van der Waals surface area contributed by atoms with Crippen LogP contribution in [0.5, 0.6) is 0 Å². The molecule has 18 heavy (non-hydrogen) atoms. The van der Waals surface area contributed by atoms with Crippen molar-refractivity contribution in [3.8, 4) is 0 Å². The Labute approximate surface area is 114 Å². The molecular formula is C13H15BrFNO2. The molecule has 0 unspecified atom stereocenters. The van der Waals surface area contributed by atoms with Crippen LogP contribution in [0.15, 0.2) is 22.7 Å². The van der Waals surface area contributed by atoms with E-state index in [4.69, 9.17) is 5.11 Å². The van der Waals surface area contributed by atoms with E-state index in [2.05, 4.69) is 15.9 Å². The highest BCUT2D eigenvalue weighted by atomic mass is 79.9. The SMILES string of the molecule is O=C(O)[C@H]1CCCN(Cc2cc(Br)ccc2F)C1. The monoisotopic (exact) mass is 315 g/mol. The number of likely N-dealkylation sites (tertiary alicyclic amines) is 1. The summed E-state index contributed by atoms with van der Waals surface area (Å²) in [6, 6.07) is 4.84. The molecule has 3 nitrogen and oxygen atoms in total. The number of halogens is 2. The number of carbonyl (C=O) groups is 1. The summed E-state index contributed by atoms with van der Waals surface area (Å²) in [5.74, 6) is -1.32. The molecule has 2 rings (SSSR count). The van der Waals surface area contributed by atoms with Gasteiger partial charge < -0.3 is 5.11 Å². The minimum absolute atomic E-state index is 0.240. The highest BCUT2D eigenvalue weighted by Crippen LogP contribution is 2.21. The summed E-state index contributed by atoms with van der Waals surface area (Å²) >= 11 is 3.32. The van der Waals surface area contributed by atoms with Crippen molar-refractivity contribution in [2.75, 3.05) is 13.1 Å². The average Bonchev–Trinajstić information content (AvgIpc) is 2.34. The summed E-state index contributed by atoms with van der Waals surface area (Å²) in [6.07, 6.45) is 1.57. The van der Waals surface area contributed by atoms with Crippen LogP contribution in [0.2, 0.25) is 0 Å². The molecule has 5 heteroatoms. The van der Waals surface area contributed by atoms with Crippen LogP contribution < -0.4 is 0 Å². The Bertz CT molecular complexity index is 453. The quantitative estimate of drug-likeness (QED) is 0.932. The molecule has 1 aliphatic heterocycles. The van der Waals surface area contributed by atoms with Crippen LogP contribution >= 0.6 is 15.9 Å². The molecule has 0 saturated carbocycles. The van der Waals surface area contributed by atoms with Gasteiger partial charge in [0.05, 0.1) is 5.92 Å². The lowest BCUT2D eigenvalue weighted by Crippen LogP contribution is -2.38. The Balaban J connectivity index is 2.04. The van der Waals surface area contributed by atoms with Gasteiger partial charge in [-0.1, -0.05) is 15.9 Å². The number of hydrogen-bond donors (Lipinski definition) is 1. The number of benzene rings is 1. The number of rotatable bonds is 3. The third-order valence-electron chi connectivity index (χ3n) is 3.26. The lowest BCUT2D eigenvalue weighted by molar-refractivity contribution is -0.143. The zero-order valence-corrected chi connectivity index (χ0v) is 11.5. The summed E-state index contributed by atoms with van der Waals surface area (Å²) in [7, 11) is 0. The van der Waals surface area contributed by atoms with E-state index in [0.29, 0.717) is 25.1 Å². The van der Waals surface area contributed by atoms with E-state index in [-0.39, 0.29) is 11.7 Å². The maximum atomic E-state index is 13.6. The first-order valence-electron chi connectivity index (χ1n) is 5.95. The molecule has 0 radical (unpaired) electrons. The van der Waals surface area contributed by atoms with Crippen LogP contribution in [-0.4, -0.2) is 29.1 Å². The molecule has 1 atom stereocenters. The third kappa shape index (κ3) is 3.29. The predicted octanol–water partition coefficient (Wildman–Crippen LogP) is 2.88. The van der Waals surface area contributed by atoms with E-state index in [1.165, 1.54) is 6.07 Å². The van der Waals surface area contributed by atoms with Gasteiger partial charge in [0.15, 0.2) is 0 Å². The Morgan fingerprint density at radius 3 is 3.06 bits per heavy atom. The average molecular weight is 316 g/mol. The summed E-state index contributed by atoms with van der Waals surface area (Å²) < 4.78 is 14.5. The smallest absolute Gasteiger partial charge is 0.307 e. The third-order valence-corrected chi connectivity index (χ3v) is 3.75. The molecule has 1 aliphatic rings. The molecule has 0 amide bonds. The van der Waals surface area contributed by atoms with Crippen molar-refractivity contribution in [1.29, 1.82) is 0 Å². The molecule has 0 bridgehead atoms. The molecule has 98 valence electrons. The number of carboxylic acids is 1. The maximum absolute atomic E-state index is 13.6. The fourth-order valence-electron chi connectivity index (χ4n) is 2.31. The molecule has 1 saturated heterocycles. The second-order valence-electron chi connectivity index (χ2n) is 4.65. The van der Waals surface area contributed by atoms with Gasteiger partial charge in [0.2, 0.25) is 0 Å². The van der Waals surface area contributed by atoms with Crippen LogP contribution in [0, 0.1) is 11.7 Å². The normalized spacial score (nSPS) is 20.9. The van der Waals surface area contributed by atoms with Gasteiger partial charge in [0, 0.05) is 23.1 Å². The lowest BCUT2D eigenvalue weighted by atomic mass is 9.98. The summed E-state index contributed by atoms with van der Waals surface area (Å²) in [5.41, 5.74) is 0.607. The van der Waals surface area contributed by atoms with Gasteiger partial charge in [0.25, 0.3) is 0 Å². The van der Waals surface area contributed by atoms with E-state index in [0.717, 1.165) is 17.4 Å². The molecule has 0 aromatic heterocycles. The van der Waals surface area contributed by atoms with Crippen molar-refractivity contribution in [2.24, 2.45) is 5.92 Å². The van der Waals surface area contributed by atoms with Crippen molar-refractivity contribution in [3.05, 3.63) is 34.1 Å². The van der Waals surface area contributed by atoms with E-state index in [9.17, 15) is 9.18 Å². The second-order valence-corrected chi connectivity index (χ2v) is 5.56. The Morgan fingerprint density at radius 1 is 1.56 bits per heavy atom. The largest absolute Gasteiger partial charge is 0.481 e. The van der Waals surface area contributed by atoms with Gasteiger partial charge >= 0.3 is 5.97 Å². The van der Waals surface area contributed by atoms with E-state index in [1.807, 2.05) is 4.90 Å². The van der Waals surface area contributed by atoms with E-state index < -0.39 is 5.97 Å². The molecule has 1 aromatic carbocycles. The molecule has 1 fully saturated rings. The van der Waals surface area contributed by atoms with Crippen LogP contribution in [0.3, 0.4) is 0 Å². The van der Waals surface area contributed by atoms with Gasteiger partial charge in [-0.3, -0.25) is 9.69 Å². The Hall–Kier alpha value is -0.940. The van der Waals surface area contributed by atoms with Crippen LogP contribution in [0.25, 0.3) is 0 Å². The highest BCUT2D eigenvalue weighted by Gasteiger charge is 2.25. The van der Waals surface area contributed by atoms with E-state index in [1.54, 1.807) is 12.1 Å². The van der Waals surface area contributed by atoms with Crippen molar-refractivity contribution in [1.82, 2.24) is 4.90 Å². The molecular weight excluding hydrogens is 301 g/mol. The number of aliphatic carboxylic acids is 1. The first kappa shape index (κ1) is 13.5. The summed E-state index contributed by atoms with van der Waals surface area (Å²) in [6.45, 7) is 1.80. The van der Waals surface area contributed by atoms with Crippen molar-refractivity contribution < 1.29 is 14.3 Å². The molecule has 1 N–H and O–H groups in total. The zero-order chi connectivity index (χ0) is 13.1. The van der Waals surface area contributed by atoms with Crippen molar-refractivity contribution >= 4 is 21.9 Å². The van der Waals surface area contributed by atoms with Crippen LogP contribution in [-0.2, 0) is 11.3 Å². The van der Waals surface area contributed by atoms with Gasteiger partial charge in [-0.2, -0.15) is 0 Å². The van der Waals surface area contributed by atoms with Gasteiger partial charge in [-0.15, -0.1) is 0 Å². The number of carboxylic acid groups (broad SMARTS) is 1.